The number of carbonyl (C=O) groups excluding carboxylic acids is 1. The van der Waals surface area contributed by atoms with Crippen molar-refractivity contribution in [1.82, 2.24) is 10.3 Å². The third kappa shape index (κ3) is 4.72. The molecule has 1 aromatic carbocycles. The van der Waals surface area contributed by atoms with Crippen molar-refractivity contribution >= 4 is 28.1 Å². The Kier molecular flexibility index (Phi) is 5.74. The van der Waals surface area contributed by atoms with Gasteiger partial charge >= 0.3 is 6.18 Å². The number of alkyl halides is 3. The number of nitriles is 1. The van der Waals surface area contributed by atoms with Crippen molar-refractivity contribution in [3.8, 4) is 6.07 Å². The number of hydrogen-bond acceptors (Lipinski definition) is 6. The molecule has 1 aliphatic carbocycles. The summed E-state index contributed by atoms with van der Waals surface area (Å²) >= 11 is 1.20. The first kappa shape index (κ1) is 19.9. The Bertz CT molecular complexity index is 897. The van der Waals surface area contributed by atoms with Crippen molar-refractivity contribution < 1.29 is 18.0 Å². The molecule has 0 unspecified atom stereocenters. The van der Waals surface area contributed by atoms with E-state index < -0.39 is 17.3 Å². The zero-order chi connectivity index (χ0) is 20.3. The average Bonchev–Trinajstić information content (AvgIpc) is 3.09. The summed E-state index contributed by atoms with van der Waals surface area (Å²) in [5.41, 5.74) is 4.81. The maximum absolute atomic E-state index is 13.1. The Labute approximate surface area is 163 Å². The Morgan fingerprint density at radius 2 is 1.93 bits per heavy atom. The number of amides is 1. The zero-order valence-electron chi connectivity index (χ0n) is 14.7. The summed E-state index contributed by atoms with van der Waals surface area (Å²) in [7, 11) is 0. The summed E-state index contributed by atoms with van der Waals surface area (Å²) in [5, 5.41) is 16.8. The fourth-order valence-corrected chi connectivity index (χ4v) is 3.78. The molecule has 3 rings (SSSR count). The molecule has 1 saturated carbocycles. The summed E-state index contributed by atoms with van der Waals surface area (Å²) < 4.78 is 39.2. The van der Waals surface area contributed by atoms with Gasteiger partial charge in [0.15, 0.2) is 5.13 Å². The smallest absolute Gasteiger partial charge is 0.382 e. The Balaban J connectivity index is 1.56. The number of nitrogens with two attached hydrogens (primary N) is 1. The molecule has 2 aromatic rings. The number of nitrogen functional groups attached to an aromatic ring is 1. The number of anilines is 2. The van der Waals surface area contributed by atoms with E-state index in [1.165, 1.54) is 23.5 Å². The molecule has 0 bridgehead atoms. The van der Waals surface area contributed by atoms with E-state index in [9.17, 15) is 18.0 Å². The van der Waals surface area contributed by atoms with E-state index in [-0.39, 0.29) is 18.0 Å². The number of aromatic nitrogens is 1. The average molecular weight is 409 g/mol. The lowest BCUT2D eigenvalue weighted by atomic mass is 9.90. The van der Waals surface area contributed by atoms with Crippen LogP contribution in [0.25, 0.3) is 0 Å². The van der Waals surface area contributed by atoms with Crippen LogP contribution >= 0.6 is 11.3 Å². The van der Waals surface area contributed by atoms with Gasteiger partial charge in [-0.25, -0.2) is 4.98 Å². The van der Waals surface area contributed by atoms with Gasteiger partial charge in [0.2, 0.25) is 0 Å². The van der Waals surface area contributed by atoms with Crippen LogP contribution < -0.4 is 16.4 Å². The van der Waals surface area contributed by atoms with Crippen LogP contribution in [-0.4, -0.2) is 23.0 Å². The van der Waals surface area contributed by atoms with Crippen molar-refractivity contribution in [3.05, 3.63) is 40.4 Å². The minimum atomic E-state index is -4.58. The quantitative estimate of drug-likeness (QED) is 0.713. The Morgan fingerprint density at radius 3 is 2.50 bits per heavy atom. The predicted octanol–water partition coefficient (Wildman–Crippen LogP) is 3.77. The Morgan fingerprint density at radius 1 is 1.25 bits per heavy atom. The second kappa shape index (κ2) is 8.06. The van der Waals surface area contributed by atoms with Crippen LogP contribution in [0.4, 0.5) is 24.0 Å². The molecule has 0 spiro atoms. The summed E-state index contributed by atoms with van der Waals surface area (Å²) in [4.78, 5) is 16.1. The molecular weight excluding hydrogens is 391 g/mol. The summed E-state index contributed by atoms with van der Waals surface area (Å²) in [6.07, 6.45) is -1.78. The van der Waals surface area contributed by atoms with Crippen LogP contribution in [0.1, 0.15) is 47.3 Å². The van der Waals surface area contributed by atoms with Gasteiger partial charge in [-0.1, -0.05) is 0 Å². The van der Waals surface area contributed by atoms with Crippen molar-refractivity contribution in [1.29, 1.82) is 5.26 Å². The van der Waals surface area contributed by atoms with E-state index in [2.05, 4.69) is 15.6 Å². The minimum Gasteiger partial charge on any atom is -0.382 e. The highest BCUT2D eigenvalue weighted by molar-refractivity contribution is 7.13. The number of rotatable bonds is 4. The van der Waals surface area contributed by atoms with E-state index in [1.807, 2.05) is 0 Å². The number of carbonyl (C=O) groups is 1. The molecule has 1 aromatic heterocycles. The van der Waals surface area contributed by atoms with Crippen molar-refractivity contribution in [2.75, 3.05) is 11.1 Å². The van der Waals surface area contributed by atoms with Crippen LogP contribution in [0.3, 0.4) is 0 Å². The van der Waals surface area contributed by atoms with E-state index in [0.29, 0.717) is 42.2 Å². The maximum Gasteiger partial charge on any atom is 0.417 e. The Hall–Kier alpha value is -2.80. The van der Waals surface area contributed by atoms with Crippen LogP contribution in [0.5, 0.6) is 0 Å². The molecule has 28 heavy (non-hydrogen) atoms. The fourth-order valence-electron chi connectivity index (χ4n) is 3.24. The standard InChI is InChI=1S/C18H18F3N5OS/c19-18(20,21)14-7-13(2-1-10(14)8-22)24-11-3-5-12(6-4-11)25-16(27)15-9-28-17(23)26-15/h1-2,7,9,11-12,24H,3-6H2,(H2,23,26)(H,25,27)/t11-,12+. The molecule has 4 N–H and O–H groups in total. The third-order valence-electron chi connectivity index (χ3n) is 4.63. The molecular formula is C18H18F3N5OS. The molecule has 0 saturated heterocycles. The molecule has 10 heteroatoms. The highest BCUT2D eigenvalue weighted by Crippen LogP contribution is 2.34. The molecule has 0 atom stereocenters. The number of benzene rings is 1. The summed E-state index contributed by atoms with van der Waals surface area (Å²) in [5.74, 6) is -0.272. The van der Waals surface area contributed by atoms with Gasteiger partial charge in [-0.15, -0.1) is 11.3 Å². The first-order valence-electron chi connectivity index (χ1n) is 8.66. The molecule has 1 aliphatic rings. The van der Waals surface area contributed by atoms with Gasteiger partial charge in [-0.05, 0) is 43.9 Å². The van der Waals surface area contributed by atoms with Crippen LogP contribution in [0.15, 0.2) is 23.6 Å². The summed E-state index contributed by atoms with van der Waals surface area (Å²) in [6.45, 7) is 0. The molecule has 0 radical (unpaired) electrons. The number of nitrogens with zero attached hydrogens (tertiary/aromatic N) is 2. The van der Waals surface area contributed by atoms with Crippen molar-refractivity contribution in [2.45, 2.75) is 43.9 Å². The first-order chi connectivity index (χ1) is 13.3. The highest BCUT2D eigenvalue weighted by Gasteiger charge is 2.34. The van der Waals surface area contributed by atoms with Gasteiger partial charge in [0.1, 0.15) is 5.69 Å². The van der Waals surface area contributed by atoms with E-state index in [4.69, 9.17) is 11.0 Å². The maximum atomic E-state index is 13.1. The van der Waals surface area contributed by atoms with Crippen LogP contribution in [0, 0.1) is 11.3 Å². The second-order valence-corrected chi connectivity index (χ2v) is 7.50. The normalized spacial score (nSPS) is 19.6. The molecule has 1 fully saturated rings. The van der Waals surface area contributed by atoms with Crippen LogP contribution in [0.2, 0.25) is 0 Å². The van der Waals surface area contributed by atoms with Gasteiger partial charge in [0.25, 0.3) is 5.91 Å². The molecule has 0 aliphatic heterocycles. The van der Waals surface area contributed by atoms with Crippen LogP contribution in [-0.2, 0) is 6.18 Å². The number of halogens is 3. The third-order valence-corrected chi connectivity index (χ3v) is 5.31. The second-order valence-electron chi connectivity index (χ2n) is 6.61. The van der Waals surface area contributed by atoms with Gasteiger partial charge in [0.05, 0.1) is 17.2 Å². The van der Waals surface area contributed by atoms with E-state index in [0.717, 1.165) is 6.07 Å². The summed E-state index contributed by atoms with van der Waals surface area (Å²) in [6, 6.07) is 5.18. The topological polar surface area (TPSA) is 104 Å². The largest absolute Gasteiger partial charge is 0.417 e. The van der Waals surface area contributed by atoms with Gasteiger partial charge in [0, 0.05) is 23.2 Å². The number of nitrogens with one attached hydrogen (secondary N) is 2. The monoisotopic (exact) mass is 409 g/mol. The fraction of sp³-hybridized carbons (Fsp3) is 0.389. The van der Waals surface area contributed by atoms with Crippen molar-refractivity contribution in [3.63, 3.8) is 0 Å². The highest BCUT2D eigenvalue weighted by atomic mass is 32.1. The molecule has 148 valence electrons. The minimum absolute atomic E-state index is 0.00270. The van der Waals surface area contributed by atoms with E-state index >= 15 is 0 Å². The molecule has 6 nitrogen and oxygen atoms in total. The molecule has 1 heterocycles. The number of thiazole rings is 1. The first-order valence-corrected chi connectivity index (χ1v) is 9.54. The number of hydrogen-bond donors (Lipinski definition) is 3. The SMILES string of the molecule is N#Cc1ccc(N[C@H]2CC[C@@H](NC(=O)c3csc(N)n3)CC2)cc1C(F)(F)F. The predicted molar refractivity (Wildman–Crippen MR) is 99.8 cm³/mol. The lowest BCUT2D eigenvalue weighted by Gasteiger charge is -2.30. The van der Waals surface area contributed by atoms with E-state index in [1.54, 1.807) is 11.4 Å². The lowest BCUT2D eigenvalue weighted by Crippen LogP contribution is -2.40. The van der Waals surface area contributed by atoms with Gasteiger partial charge in [-0.2, -0.15) is 18.4 Å². The molecule has 1 amide bonds. The zero-order valence-corrected chi connectivity index (χ0v) is 15.5. The van der Waals surface area contributed by atoms with Crippen molar-refractivity contribution in [2.24, 2.45) is 0 Å². The lowest BCUT2D eigenvalue weighted by molar-refractivity contribution is -0.137. The van der Waals surface area contributed by atoms with Gasteiger partial charge < -0.3 is 16.4 Å². The van der Waals surface area contributed by atoms with Gasteiger partial charge in [-0.3, -0.25) is 4.79 Å².